The molecule has 2 bridgehead atoms. The molecule has 0 atom stereocenters. The van der Waals surface area contributed by atoms with Gasteiger partial charge in [-0.15, -0.1) is 0 Å². The van der Waals surface area contributed by atoms with E-state index in [0.717, 1.165) is 37.8 Å². The third kappa shape index (κ3) is 2.47. The van der Waals surface area contributed by atoms with Crippen LogP contribution in [0.5, 0.6) is 0 Å². The molecule has 0 N–H and O–H groups in total. The fourth-order valence-corrected chi connectivity index (χ4v) is 3.97. The van der Waals surface area contributed by atoms with Crippen molar-refractivity contribution in [2.45, 2.75) is 65.2 Å². The Morgan fingerprint density at radius 3 is 2.29 bits per heavy atom. The van der Waals surface area contributed by atoms with Gasteiger partial charge in [0.15, 0.2) is 0 Å². The maximum absolute atomic E-state index is 12.0. The molecular weight excluding hydrogens is 262 g/mol. The summed E-state index contributed by atoms with van der Waals surface area (Å²) < 4.78 is 5.02. The number of aryl methyl sites for hydroxylation is 2. The van der Waals surface area contributed by atoms with Gasteiger partial charge in [-0.1, -0.05) is 19.9 Å². The zero-order chi connectivity index (χ0) is 15.7. The third-order valence-corrected chi connectivity index (χ3v) is 5.35. The van der Waals surface area contributed by atoms with Gasteiger partial charge < -0.3 is 4.74 Å². The fraction of sp³-hybridized carbons (Fsp3) is 0.667. The molecule has 0 aromatic carbocycles. The van der Waals surface area contributed by atoms with Crippen LogP contribution in [-0.4, -0.2) is 18.1 Å². The highest BCUT2D eigenvalue weighted by molar-refractivity contribution is 5.78. The van der Waals surface area contributed by atoms with E-state index in [9.17, 15) is 4.79 Å². The number of rotatable bonds is 2. The van der Waals surface area contributed by atoms with Gasteiger partial charge in [0, 0.05) is 16.8 Å². The molecule has 1 aromatic heterocycles. The molecule has 21 heavy (non-hydrogen) atoms. The predicted octanol–water partition coefficient (Wildman–Crippen LogP) is 4.10. The van der Waals surface area contributed by atoms with Crippen molar-refractivity contribution in [3.63, 3.8) is 0 Å². The lowest BCUT2D eigenvalue weighted by atomic mass is 9.80. The Balaban J connectivity index is 0.000000774. The summed E-state index contributed by atoms with van der Waals surface area (Å²) in [5.41, 5.74) is 3.41. The van der Waals surface area contributed by atoms with Crippen LogP contribution in [0.15, 0.2) is 12.1 Å². The van der Waals surface area contributed by atoms with Crippen molar-refractivity contribution in [1.82, 2.24) is 4.98 Å². The fourth-order valence-electron chi connectivity index (χ4n) is 3.97. The molecule has 0 amide bonds. The zero-order valence-electron chi connectivity index (χ0n) is 14.0. The molecule has 3 rings (SSSR count). The smallest absolute Gasteiger partial charge is 0.311 e. The lowest BCUT2D eigenvalue weighted by molar-refractivity contribution is -0.152. The number of nitrogens with zero attached hydrogens (tertiary/aromatic N) is 1. The Morgan fingerprint density at radius 2 is 1.76 bits per heavy atom. The zero-order valence-corrected chi connectivity index (χ0v) is 14.0. The second-order valence-corrected chi connectivity index (χ2v) is 6.33. The molecule has 0 aliphatic heterocycles. The van der Waals surface area contributed by atoms with Crippen LogP contribution >= 0.6 is 0 Å². The SMILES string of the molecule is CC.COC(=O)C12CCC(c3ccc(C)c(C)n3)(CC1)C2. The number of carbonyl (C=O) groups is 1. The maximum Gasteiger partial charge on any atom is 0.311 e. The molecule has 2 fully saturated rings. The van der Waals surface area contributed by atoms with E-state index in [1.165, 1.54) is 18.4 Å². The average molecular weight is 289 g/mol. The van der Waals surface area contributed by atoms with Crippen molar-refractivity contribution in [3.05, 3.63) is 29.1 Å². The number of ether oxygens (including phenoxy) is 1. The molecule has 1 aromatic rings. The van der Waals surface area contributed by atoms with E-state index in [4.69, 9.17) is 9.72 Å². The number of aromatic nitrogens is 1. The highest BCUT2D eigenvalue weighted by Crippen LogP contribution is 2.62. The Kier molecular flexibility index (Phi) is 4.40. The second-order valence-electron chi connectivity index (χ2n) is 6.33. The summed E-state index contributed by atoms with van der Waals surface area (Å²) in [7, 11) is 1.50. The van der Waals surface area contributed by atoms with Crippen LogP contribution in [0, 0.1) is 19.3 Å². The predicted molar refractivity (Wildman–Crippen MR) is 84.3 cm³/mol. The van der Waals surface area contributed by atoms with E-state index < -0.39 is 0 Å². The van der Waals surface area contributed by atoms with Crippen molar-refractivity contribution in [2.75, 3.05) is 7.11 Å². The number of carbonyl (C=O) groups excluding carboxylic acids is 1. The van der Waals surface area contributed by atoms with Gasteiger partial charge in [-0.3, -0.25) is 9.78 Å². The van der Waals surface area contributed by atoms with E-state index in [1.807, 2.05) is 13.8 Å². The molecule has 0 radical (unpaired) electrons. The molecule has 0 spiro atoms. The number of pyridine rings is 1. The van der Waals surface area contributed by atoms with Gasteiger partial charge in [-0.2, -0.15) is 0 Å². The van der Waals surface area contributed by atoms with Crippen LogP contribution in [0.2, 0.25) is 0 Å². The minimum atomic E-state index is -0.227. The van der Waals surface area contributed by atoms with Crippen LogP contribution in [0.25, 0.3) is 0 Å². The number of fused-ring (bicyclic) bond motifs is 2. The van der Waals surface area contributed by atoms with E-state index in [1.54, 1.807) is 0 Å². The Morgan fingerprint density at radius 1 is 1.14 bits per heavy atom. The van der Waals surface area contributed by atoms with Gasteiger partial charge in [0.25, 0.3) is 0 Å². The summed E-state index contributed by atoms with van der Waals surface area (Å²) in [6.07, 6.45) is 4.96. The largest absolute Gasteiger partial charge is 0.469 e. The Bertz CT molecular complexity index is 528. The average Bonchev–Trinajstić information content (AvgIpc) is 3.10. The van der Waals surface area contributed by atoms with Gasteiger partial charge in [0.05, 0.1) is 12.5 Å². The quantitative estimate of drug-likeness (QED) is 0.769. The van der Waals surface area contributed by atoms with Gasteiger partial charge >= 0.3 is 5.97 Å². The summed E-state index contributed by atoms with van der Waals surface area (Å²) in [6, 6.07) is 4.31. The monoisotopic (exact) mass is 289 g/mol. The summed E-state index contributed by atoms with van der Waals surface area (Å²) in [5.74, 6) is -0.0179. The lowest BCUT2D eigenvalue weighted by Gasteiger charge is -2.26. The first kappa shape index (κ1) is 16.0. The third-order valence-electron chi connectivity index (χ3n) is 5.35. The Labute approximate surface area is 128 Å². The van der Waals surface area contributed by atoms with Crippen LogP contribution in [0.1, 0.15) is 62.9 Å². The number of methoxy groups -OCH3 is 1. The Hall–Kier alpha value is -1.38. The van der Waals surface area contributed by atoms with Crippen molar-refractivity contribution in [1.29, 1.82) is 0 Å². The molecule has 2 aliphatic carbocycles. The molecule has 0 saturated heterocycles. The number of hydrogen-bond acceptors (Lipinski definition) is 3. The lowest BCUT2D eigenvalue weighted by Crippen LogP contribution is -2.27. The number of hydrogen-bond donors (Lipinski definition) is 0. The van der Waals surface area contributed by atoms with Crippen molar-refractivity contribution in [2.24, 2.45) is 5.41 Å². The molecule has 2 aliphatic rings. The van der Waals surface area contributed by atoms with E-state index >= 15 is 0 Å². The minimum absolute atomic E-state index is 0.0179. The molecule has 3 nitrogen and oxygen atoms in total. The summed E-state index contributed by atoms with van der Waals surface area (Å²) in [4.78, 5) is 16.8. The normalized spacial score (nSPS) is 29.8. The van der Waals surface area contributed by atoms with Crippen LogP contribution in [0.3, 0.4) is 0 Å². The van der Waals surface area contributed by atoms with E-state index in [2.05, 4.69) is 26.0 Å². The molecule has 116 valence electrons. The van der Waals surface area contributed by atoms with Crippen molar-refractivity contribution < 1.29 is 9.53 Å². The maximum atomic E-state index is 12.0. The summed E-state index contributed by atoms with van der Waals surface area (Å²) in [5, 5.41) is 0. The summed E-state index contributed by atoms with van der Waals surface area (Å²) >= 11 is 0. The van der Waals surface area contributed by atoms with Gasteiger partial charge in [0.2, 0.25) is 0 Å². The highest BCUT2D eigenvalue weighted by Gasteiger charge is 2.59. The highest BCUT2D eigenvalue weighted by atomic mass is 16.5. The van der Waals surface area contributed by atoms with Crippen LogP contribution < -0.4 is 0 Å². The molecule has 0 unspecified atom stereocenters. The van der Waals surface area contributed by atoms with Crippen molar-refractivity contribution in [3.8, 4) is 0 Å². The van der Waals surface area contributed by atoms with Gasteiger partial charge in [-0.25, -0.2) is 0 Å². The van der Waals surface area contributed by atoms with Crippen molar-refractivity contribution >= 4 is 5.97 Å². The molecule has 2 saturated carbocycles. The molecule has 1 heterocycles. The topological polar surface area (TPSA) is 39.2 Å². The van der Waals surface area contributed by atoms with Crippen LogP contribution in [-0.2, 0) is 14.9 Å². The number of esters is 1. The van der Waals surface area contributed by atoms with Crippen LogP contribution in [0.4, 0.5) is 0 Å². The molecule has 3 heteroatoms. The first-order chi connectivity index (χ1) is 10.0. The first-order valence-corrected chi connectivity index (χ1v) is 8.05. The first-order valence-electron chi connectivity index (χ1n) is 8.05. The summed E-state index contributed by atoms with van der Waals surface area (Å²) in [6.45, 7) is 8.15. The minimum Gasteiger partial charge on any atom is -0.469 e. The van der Waals surface area contributed by atoms with E-state index in [-0.39, 0.29) is 16.8 Å². The molecular formula is C18H27NO2. The van der Waals surface area contributed by atoms with Gasteiger partial charge in [-0.05, 0) is 57.6 Å². The standard InChI is InChI=1S/C16H21NO2.C2H6/c1-11-4-5-13(17-12(11)2)15-6-8-16(10-15,9-7-15)14(18)19-3;1-2/h4-5H,6-10H2,1-3H3;1-2H3. The van der Waals surface area contributed by atoms with E-state index in [0.29, 0.717) is 0 Å². The second kappa shape index (κ2) is 5.78. The van der Waals surface area contributed by atoms with Gasteiger partial charge in [0.1, 0.15) is 0 Å².